The van der Waals surface area contributed by atoms with Crippen LogP contribution in [0.2, 0.25) is 26.2 Å². The fourth-order valence-corrected chi connectivity index (χ4v) is 26.9. The van der Waals surface area contributed by atoms with E-state index in [0.717, 1.165) is 174 Å². The first kappa shape index (κ1) is 81.1. The highest BCUT2D eigenvalue weighted by Gasteiger charge is 2.45. The van der Waals surface area contributed by atoms with Crippen LogP contribution < -0.4 is 40.3 Å². The van der Waals surface area contributed by atoms with E-state index in [1.165, 1.54) is 31.7 Å². The van der Waals surface area contributed by atoms with Crippen molar-refractivity contribution in [3.05, 3.63) is 473 Å². The molecule has 11 heteroatoms. The van der Waals surface area contributed by atoms with Gasteiger partial charge in [-0.2, -0.15) is 0 Å². The normalized spacial score (nSPS) is 12.6. The Kier molecular flexibility index (Phi) is 20.5. The van der Waals surface area contributed by atoms with E-state index in [1.807, 2.05) is 182 Å². The third-order valence-electron chi connectivity index (χ3n) is 26.6. The van der Waals surface area contributed by atoms with E-state index in [2.05, 4.69) is 313 Å². The summed E-state index contributed by atoms with van der Waals surface area (Å²) < 4.78 is 56.9. The van der Waals surface area contributed by atoms with Gasteiger partial charge >= 0.3 is 0 Å². The molecule has 0 atom stereocenters. The number of benzene rings is 19. The summed E-state index contributed by atoms with van der Waals surface area (Å²) in [6.07, 6.45) is 0. The minimum absolute atomic E-state index is 0.352. The Hall–Kier alpha value is -16.4. The zero-order chi connectivity index (χ0) is 89.4. The standard InChI is InChI=1S/C76H54F2N2OSi.C46H34N2O2Si/c1-82(2)72-44-42-59(79(69-39-23-21-37-61(69)53-29-13-5-14-30-53)73-64(55-33-17-7-18-34-55)45-57(47-67(73)77)51-25-9-3-10-26-51)49-66(72)75-76(82)63-43-41-60(50-71(63)81-75)80(70-40-24-22-38-62(70)54-31-15-6-16-32-54)74-65(56-35-19-8-20-36-56)46-58(48-68(74)78)52-27-11-4-12-28-52;1-51(2)43-28-26-34(47(31-15-6-3-7-16-31)32-17-8-4-9-18-32)29-39(43)45-46(51)38-27-25-35(30-42(38)50-45)48(33-19-10-5-11-20-33)40-23-14-22-37-36-21-12-13-24-41(36)49-44(37)40/h3-50H,1-2H3;3-30H,1-2H3. The molecule has 2 aliphatic rings. The minimum Gasteiger partial charge on any atom is -0.456 e. The fraction of sp³-hybridized carbons (Fsp3) is 0.0328. The van der Waals surface area contributed by atoms with Gasteiger partial charge in [-0.15, -0.1) is 0 Å². The molecule has 0 saturated heterocycles. The van der Waals surface area contributed by atoms with Crippen LogP contribution in [-0.2, 0) is 0 Å². The van der Waals surface area contributed by atoms with Crippen molar-refractivity contribution in [2.24, 2.45) is 0 Å². The Morgan fingerprint density at radius 1 is 0.203 bits per heavy atom. The monoisotopic (exact) mass is 1750 g/mol. The lowest BCUT2D eigenvalue weighted by molar-refractivity contribution is 0.628. The first-order chi connectivity index (χ1) is 65.3. The van der Waals surface area contributed by atoms with Crippen LogP contribution in [-0.4, -0.2) is 16.1 Å². The maximum absolute atomic E-state index is 18.0. The van der Waals surface area contributed by atoms with Gasteiger partial charge in [0.1, 0.15) is 56.1 Å². The average molecular weight is 1750 g/mol. The Labute approximate surface area is 773 Å². The van der Waals surface area contributed by atoms with E-state index in [0.29, 0.717) is 17.0 Å². The molecule has 636 valence electrons. The van der Waals surface area contributed by atoms with Crippen molar-refractivity contribution < 1.29 is 22.0 Å². The van der Waals surface area contributed by atoms with Crippen LogP contribution in [0.1, 0.15) is 0 Å². The van der Waals surface area contributed by atoms with Gasteiger partial charge in [0.05, 0.1) is 39.8 Å². The number of nitrogens with zero attached hydrogens (tertiary/aromatic N) is 4. The second-order valence-electron chi connectivity index (χ2n) is 35.2. The summed E-state index contributed by atoms with van der Waals surface area (Å²) in [7, 11) is -4.56. The SMILES string of the molecule is C[Si]1(C)c2ccc(N(c3ccccc3)c3ccccc3)cc2-c2oc3cc(N(c4ccccc4)c4cccc5c4oc4ccccc45)ccc3c21.C[Si]1(C)c2ccc(N(c3ccccc3-c3ccccc3)c3c(F)cc(-c4ccccc4)cc3-c3ccccc3)cc2-c2oc3cc(N(c4ccccc4-c4ccccc4)c4c(F)cc(-c5ccccc5)cc4-c4ccccc4)ccc3c21. The van der Waals surface area contributed by atoms with Gasteiger partial charge in [0.2, 0.25) is 0 Å². The number of furan rings is 3. The van der Waals surface area contributed by atoms with Crippen LogP contribution in [0.15, 0.2) is 474 Å². The highest BCUT2D eigenvalue weighted by molar-refractivity contribution is 7.05. The molecular formula is C122H88F2N4O3Si2. The third kappa shape index (κ3) is 14.3. The lowest BCUT2D eigenvalue weighted by Crippen LogP contribution is -2.49. The summed E-state index contributed by atoms with van der Waals surface area (Å²) in [6, 6.07) is 158. The quantitative estimate of drug-likeness (QED) is 0.0794. The molecule has 0 fully saturated rings. The zero-order valence-electron chi connectivity index (χ0n) is 73.6. The zero-order valence-corrected chi connectivity index (χ0v) is 75.6. The van der Waals surface area contributed by atoms with Gasteiger partial charge in [0.25, 0.3) is 0 Å². The Bertz CT molecular complexity index is 8120. The van der Waals surface area contributed by atoms with Gasteiger partial charge < -0.3 is 32.9 Å². The van der Waals surface area contributed by atoms with Crippen LogP contribution >= 0.6 is 0 Å². The summed E-state index contributed by atoms with van der Waals surface area (Å²) in [4.78, 5) is 8.78. The third-order valence-corrected chi connectivity index (χ3v) is 33.6. The molecule has 0 bridgehead atoms. The molecule has 24 rings (SSSR count). The molecule has 133 heavy (non-hydrogen) atoms. The Morgan fingerprint density at radius 2 is 0.526 bits per heavy atom. The molecule has 3 aromatic heterocycles. The molecule has 5 heterocycles. The molecule has 0 radical (unpaired) electrons. The second-order valence-corrected chi connectivity index (χ2v) is 43.8. The van der Waals surface area contributed by atoms with E-state index < -0.39 is 16.1 Å². The van der Waals surface area contributed by atoms with E-state index in [9.17, 15) is 0 Å². The number of para-hydroxylation sites is 7. The highest BCUT2D eigenvalue weighted by Crippen LogP contribution is 2.54. The summed E-state index contributed by atoms with van der Waals surface area (Å²) in [5, 5.41) is 9.64. The summed E-state index contributed by atoms with van der Waals surface area (Å²) >= 11 is 0. The summed E-state index contributed by atoms with van der Waals surface area (Å²) in [5.74, 6) is 1.09. The van der Waals surface area contributed by atoms with Gasteiger partial charge in [-0.05, 0) is 199 Å². The Morgan fingerprint density at radius 3 is 0.955 bits per heavy atom. The molecule has 0 spiro atoms. The minimum atomic E-state index is -2.48. The van der Waals surface area contributed by atoms with E-state index in [1.54, 1.807) is 12.1 Å². The molecule has 19 aromatic carbocycles. The van der Waals surface area contributed by atoms with Crippen molar-refractivity contribution in [3.8, 4) is 89.4 Å². The summed E-state index contributed by atoms with van der Waals surface area (Å²) in [5.41, 5.74) is 26.6. The fourth-order valence-electron chi connectivity index (χ4n) is 20.4. The lowest BCUT2D eigenvalue weighted by Gasteiger charge is -2.31. The van der Waals surface area contributed by atoms with Gasteiger partial charge in [0, 0.05) is 95.5 Å². The number of anilines is 12. The van der Waals surface area contributed by atoms with Gasteiger partial charge in [-0.25, -0.2) is 8.78 Å². The molecule has 0 aliphatic carbocycles. The van der Waals surface area contributed by atoms with E-state index >= 15 is 8.78 Å². The highest BCUT2D eigenvalue weighted by atomic mass is 28.3. The number of hydrogen-bond acceptors (Lipinski definition) is 7. The van der Waals surface area contributed by atoms with Crippen molar-refractivity contribution in [1.82, 2.24) is 0 Å². The van der Waals surface area contributed by atoms with Gasteiger partial charge in [-0.3, -0.25) is 0 Å². The predicted molar refractivity (Wildman–Crippen MR) is 555 cm³/mol. The maximum Gasteiger partial charge on any atom is 0.159 e. The molecule has 2 aliphatic heterocycles. The number of fused-ring (bicyclic) bond motifs is 13. The largest absolute Gasteiger partial charge is 0.456 e. The van der Waals surface area contributed by atoms with Crippen LogP contribution in [0.5, 0.6) is 0 Å². The van der Waals surface area contributed by atoms with Crippen LogP contribution in [0, 0.1) is 11.6 Å². The van der Waals surface area contributed by atoms with E-state index in [4.69, 9.17) is 13.3 Å². The molecular weight excluding hydrogens is 1660 g/mol. The van der Waals surface area contributed by atoms with Crippen LogP contribution in [0.4, 0.5) is 77.0 Å². The van der Waals surface area contributed by atoms with Crippen molar-refractivity contribution in [3.63, 3.8) is 0 Å². The van der Waals surface area contributed by atoms with Gasteiger partial charge in [0.15, 0.2) is 5.58 Å². The van der Waals surface area contributed by atoms with Gasteiger partial charge in [-0.1, -0.05) is 342 Å². The second kappa shape index (κ2) is 33.6. The predicted octanol–water partition coefficient (Wildman–Crippen LogP) is 32.5. The van der Waals surface area contributed by atoms with E-state index in [-0.39, 0.29) is 11.6 Å². The summed E-state index contributed by atoms with van der Waals surface area (Å²) in [6.45, 7) is 9.67. The van der Waals surface area contributed by atoms with Crippen molar-refractivity contribution in [2.45, 2.75) is 26.2 Å². The Balaban J connectivity index is 0.000000168. The number of rotatable bonds is 18. The lowest BCUT2D eigenvalue weighted by atomic mass is 9.94. The molecule has 0 saturated carbocycles. The molecule has 7 nitrogen and oxygen atoms in total. The van der Waals surface area contributed by atoms with Crippen LogP contribution in [0.25, 0.3) is 133 Å². The average Bonchev–Trinajstić information content (AvgIpc) is 1.55. The number of halogens is 2. The smallest absolute Gasteiger partial charge is 0.159 e. The molecule has 0 amide bonds. The molecule has 0 N–H and O–H groups in total. The molecule has 0 unspecified atom stereocenters. The number of hydrogen-bond donors (Lipinski definition) is 0. The van der Waals surface area contributed by atoms with Crippen molar-refractivity contribution >= 4 is 149 Å². The van der Waals surface area contributed by atoms with Crippen molar-refractivity contribution in [2.75, 3.05) is 19.6 Å². The first-order valence-electron chi connectivity index (χ1n) is 45.2. The van der Waals surface area contributed by atoms with Crippen LogP contribution in [0.3, 0.4) is 0 Å². The maximum atomic E-state index is 18.0. The first-order valence-corrected chi connectivity index (χ1v) is 51.2. The topological polar surface area (TPSA) is 52.4 Å². The van der Waals surface area contributed by atoms with Crippen molar-refractivity contribution in [1.29, 1.82) is 0 Å². The molecule has 22 aromatic rings.